The Balaban J connectivity index is 1.66. The van der Waals surface area contributed by atoms with Gasteiger partial charge in [-0.05, 0) is 51.1 Å². The van der Waals surface area contributed by atoms with Gasteiger partial charge in [0.2, 0.25) is 0 Å². The minimum absolute atomic E-state index is 0.226. The van der Waals surface area contributed by atoms with E-state index < -0.39 is 0 Å². The van der Waals surface area contributed by atoms with Crippen LogP contribution in [-0.2, 0) is 0 Å². The fraction of sp³-hybridized carbons (Fsp3) is 1.00. The second-order valence-corrected chi connectivity index (χ2v) is 5.33. The zero-order chi connectivity index (χ0) is 10.0. The van der Waals surface area contributed by atoms with Crippen molar-refractivity contribution in [2.24, 2.45) is 11.7 Å². The van der Waals surface area contributed by atoms with E-state index in [0.717, 1.165) is 5.92 Å². The van der Waals surface area contributed by atoms with Crippen molar-refractivity contribution in [1.82, 2.24) is 4.90 Å². The molecule has 2 N–H and O–H groups in total. The minimum atomic E-state index is 0.226. The van der Waals surface area contributed by atoms with Crippen LogP contribution < -0.4 is 5.73 Å². The van der Waals surface area contributed by atoms with Crippen LogP contribution in [0.2, 0.25) is 0 Å². The Labute approximate surface area is 87.8 Å². The number of nitrogens with zero attached hydrogens (tertiary/aromatic N) is 1. The van der Waals surface area contributed by atoms with Gasteiger partial charge in [-0.25, -0.2) is 0 Å². The Morgan fingerprint density at radius 3 is 2.71 bits per heavy atom. The lowest BCUT2D eigenvalue weighted by Crippen LogP contribution is -2.48. The van der Waals surface area contributed by atoms with E-state index >= 15 is 0 Å². The van der Waals surface area contributed by atoms with E-state index in [2.05, 4.69) is 11.8 Å². The van der Waals surface area contributed by atoms with Gasteiger partial charge in [-0.15, -0.1) is 0 Å². The molecule has 0 spiro atoms. The van der Waals surface area contributed by atoms with Crippen molar-refractivity contribution in [3.63, 3.8) is 0 Å². The molecule has 0 aromatic rings. The van der Waals surface area contributed by atoms with Gasteiger partial charge in [0.1, 0.15) is 0 Å². The third-order valence-corrected chi connectivity index (χ3v) is 4.22. The molecule has 2 rings (SSSR count). The predicted molar refractivity (Wildman–Crippen MR) is 60.2 cm³/mol. The minimum Gasteiger partial charge on any atom is -0.325 e. The Kier molecular flexibility index (Phi) is 3.13. The normalized spacial score (nSPS) is 31.7. The maximum Gasteiger partial charge on any atom is 0.0166 e. The van der Waals surface area contributed by atoms with Gasteiger partial charge in [0, 0.05) is 12.1 Å². The van der Waals surface area contributed by atoms with Crippen LogP contribution in [0.15, 0.2) is 0 Å². The van der Waals surface area contributed by atoms with E-state index in [1.54, 1.807) is 0 Å². The first-order chi connectivity index (χ1) is 6.72. The summed E-state index contributed by atoms with van der Waals surface area (Å²) in [5.74, 6) is 0.963. The molecular weight excluding hydrogens is 172 g/mol. The summed E-state index contributed by atoms with van der Waals surface area (Å²) in [5, 5.41) is 0. The van der Waals surface area contributed by atoms with Crippen molar-refractivity contribution in [2.45, 2.75) is 51.0 Å². The van der Waals surface area contributed by atoms with E-state index in [1.165, 1.54) is 58.2 Å². The molecule has 0 bridgehead atoms. The zero-order valence-corrected chi connectivity index (χ0v) is 9.47. The number of hydrogen-bond donors (Lipinski definition) is 1. The first kappa shape index (κ1) is 10.4. The average Bonchev–Trinajstić information content (AvgIpc) is 2.59. The molecule has 0 amide bonds. The van der Waals surface area contributed by atoms with Gasteiger partial charge in [0.25, 0.3) is 0 Å². The van der Waals surface area contributed by atoms with Crippen molar-refractivity contribution < 1.29 is 0 Å². The highest BCUT2D eigenvalue weighted by atomic mass is 15.1. The monoisotopic (exact) mass is 196 g/mol. The maximum atomic E-state index is 6.22. The smallest absolute Gasteiger partial charge is 0.0166 e. The Hall–Kier alpha value is -0.0800. The lowest BCUT2D eigenvalue weighted by atomic mass is 9.75. The van der Waals surface area contributed by atoms with Gasteiger partial charge in [-0.3, -0.25) is 0 Å². The van der Waals surface area contributed by atoms with E-state index in [1.807, 2.05) is 0 Å². The molecule has 2 aliphatic rings. The van der Waals surface area contributed by atoms with Crippen molar-refractivity contribution in [1.29, 1.82) is 0 Å². The second-order valence-electron chi connectivity index (χ2n) is 5.33. The van der Waals surface area contributed by atoms with Crippen LogP contribution >= 0.6 is 0 Å². The van der Waals surface area contributed by atoms with Gasteiger partial charge in [0.15, 0.2) is 0 Å². The van der Waals surface area contributed by atoms with Crippen molar-refractivity contribution in [2.75, 3.05) is 19.6 Å². The SMILES string of the molecule is CCC1CCN(CCC2(N)CCC2)C1. The average molecular weight is 196 g/mol. The highest BCUT2D eigenvalue weighted by Crippen LogP contribution is 2.32. The van der Waals surface area contributed by atoms with Crippen molar-refractivity contribution >= 4 is 0 Å². The molecule has 0 radical (unpaired) electrons. The van der Waals surface area contributed by atoms with E-state index in [9.17, 15) is 0 Å². The van der Waals surface area contributed by atoms with Gasteiger partial charge < -0.3 is 10.6 Å². The number of likely N-dealkylation sites (tertiary alicyclic amines) is 1. The molecule has 2 nitrogen and oxygen atoms in total. The molecule has 1 saturated heterocycles. The van der Waals surface area contributed by atoms with Crippen LogP contribution in [0.3, 0.4) is 0 Å². The molecular formula is C12H24N2. The first-order valence-corrected chi connectivity index (χ1v) is 6.23. The Morgan fingerprint density at radius 2 is 2.21 bits per heavy atom. The molecule has 1 heterocycles. The quantitative estimate of drug-likeness (QED) is 0.745. The van der Waals surface area contributed by atoms with Crippen molar-refractivity contribution in [3.05, 3.63) is 0 Å². The van der Waals surface area contributed by atoms with Crippen LogP contribution in [0.5, 0.6) is 0 Å². The molecule has 0 aromatic heterocycles. The molecule has 82 valence electrons. The van der Waals surface area contributed by atoms with E-state index in [0.29, 0.717) is 0 Å². The van der Waals surface area contributed by atoms with Gasteiger partial charge in [0.05, 0.1) is 0 Å². The number of nitrogens with two attached hydrogens (primary N) is 1. The highest BCUT2D eigenvalue weighted by Gasteiger charge is 2.33. The summed E-state index contributed by atoms with van der Waals surface area (Å²) in [6.07, 6.45) is 7.87. The first-order valence-electron chi connectivity index (χ1n) is 6.23. The molecule has 2 heteroatoms. The molecule has 2 fully saturated rings. The Bertz CT molecular complexity index is 187. The summed E-state index contributed by atoms with van der Waals surface area (Å²) in [5.41, 5.74) is 6.45. The summed E-state index contributed by atoms with van der Waals surface area (Å²) >= 11 is 0. The van der Waals surface area contributed by atoms with Crippen LogP contribution in [0.1, 0.15) is 45.4 Å². The second kappa shape index (κ2) is 4.19. The summed E-state index contributed by atoms with van der Waals surface area (Å²) in [7, 11) is 0. The molecule has 14 heavy (non-hydrogen) atoms. The lowest BCUT2D eigenvalue weighted by molar-refractivity contribution is 0.193. The molecule has 1 unspecified atom stereocenters. The van der Waals surface area contributed by atoms with Gasteiger partial charge in [-0.2, -0.15) is 0 Å². The number of hydrogen-bond acceptors (Lipinski definition) is 2. The molecule has 0 aromatic carbocycles. The molecule has 1 aliphatic carbocycles. The van der Waals surface area contributed by atoms with Crippen LogP contribution in [-0.4, -0.2) is 30.1 Å². The molecule has 1 atom stereocenters. The largest absolute Gasteiger partial charge is 0.325 e. The van der Waals surface area contributed by atoms with Gasteiger partial charge in [-0.1, -0.05) is 13.3 Å². The summed E-state index contributed by atoms with van der Waals surface area (Å²) < 4.78 is 0. The summed E-state index contributed by atoms with van der Waals surface area (Å²) in [4.78, 5) is 2.61. The zero-order valence-electron chi connectivity index (χ0n) is 9.47. The van der Waals surface area contributed by atoms with Crippen LogP contribution in [0.25, 0.3) is 0 Å². The summed E-state index contributed by atoms with van der Waals surface area (Å²) in [6.45, 7) is 6.19. The standard InChI is InChI=1S/C12H24N2/c1-2-11-4-8-14(10-11)9-7-12(13)5-3-6-12/h11H,2-10,13H2,1H3. The molecule has 1 saturated carbocycles. The number of rotatable bonds is 4. The lowest BCUT2D eigenvalue weighted by Gasteiger charge is -2.39. The van der Waals surface area contributed by atoms with Gasteiger partial charge >= 0.3 is 0 Å². The van der Waals surface area contributed by atoms with Crippen LogP contribution in [0, 0.1) is 5.92 Å². The van der Waals surface area contributed by atoms with E-state index in [4.69, 9.17) is 5.73 Å². The third-order valence-electron chi connectivity index (χ3n) is 4.22. The highest BCUT2D eigenvalue weighted by molar-refractivity contribution is 4.93. The predicted octanol–water partition coefficient (Wildman–Crippen LogP) is 1.99. The maximum absolute atomic E-state index is 6.22. The van der Waals surface area contributed by atoms with Crippen LogP contribution in [0.4, 0.5) is 0 Å². The fourth-order valence-electron chi connectivity index (χ4n) is 2.71. The third kappa shape index (κ3) is 2.29. The summed E-state index contributed by atoms with van der Waals surface area (Å²) in [6, 6.07) is 0. The van der Waals surface area contributed by atoms with E-state index in [-0.39, 0.29) is 5.54 Å². The fourth-order valence-corrected chi connectivity index (χ4v) is 2.71. The Morgan fingerprint density at radius 1 is 1.43 bits per heavy atom. The topological polar surface area (TPSA) is 29.3 Å². The van der Waals surface area contributed by atoms with Crippen molar-refractivity contribution in [3.8, 4) is 0 Å². The molecule has 1 aliphatic heterocycles.